The van der Waals surface area contributed by atoms with Crippen LogP contribution in [0.15, 0.2) is 71.5 Å². The van der Waals surface area contributed by atoms with E-state index in [0.29, 0.717) is 16.0 Å². The van der Waals surface area contributed by atoms with Crippen molar-refractivity contribution in [3.63, 3.8) is 0 Å². The fraction of sp³-hybridized carbons (Fsp3) is 0.0455. The highest BCUT2D eigenvalue weighted by Gasteiger charge is 2.18. The second-order valence-corrected chi connectivity index (χ2v) is 7.90. The van der Waals surface area contributed by atoms with Gasteiger partial charge in [0.25, 0.3) is 5.91 Å². The van der Waals surface area contributed by atoms with E-state index in [0.717, 1.165) is 0 Å². The third-order valence-electron chi connectivity index (χ3n) is 4.71. The lowest BCUT2D eigenvalue weighted by Crippen LogP contribution is -2.14. The van der Waals surface area contributed by atoms with Gasteiger partial charge in [0.2, 0.25) is 11.1 Å². The van der Waals surface area contributed by atoms with Crippen molar-refractivity contribution in [2.24, 2.45) is 11.6 Å². The topological polar surface area (TPSA) is 164 Å². The molecule has 11 heteroatoms. The minimum Gasteiger partial charge on any atom is -0.507 e. The van der Waals surface area contributed by atoms with Crippen molar-refractivity contribution >= 4 is 34.2 Å². The number of allylic oxidation sites excluding steroid dienone is 1. The number of carbonyl (C=O) groups excluding carboxylic acids is 1. The van der Waals surface area contributed by atoms with Crippen LogP contribution in [0.25, 0.3) is 16.7 Å². The van der Waals surface area contributed by atoms with Gasteiger partial charge < -0.3 is 16.2 Å². The second kappa shape index (κ2) is 10.1. The van der Waals surface area contributed by atoms with Crippen molar-refractivity contribution in [2.45, 2.75) is 11.8 Å². The number of aromatic hydroxyl groups is 1. The number of nitrogens with two attached hydrogens (primary N) is 2. The average molecular weight is 469 g/mol. The van der Waals surface area contributed by atoms with E-state index in [-0.39, 0.29) is 34.1 Å². The summed E-state index contributed by atoms with van der Waals surface area (Å²) in [7, 11) is 0. The average Bonchev–Trinajstić information content (AvgIpc) is 2.83. The molecule has 0 aliphatic carbocycles. The lowest BCUT2D eigenvalue weighted by Gasteiger charge is -2.10. The van der Waals surface area contributed by atoms with Crippen LogP contribution >= 0.6 is 0 Å². The fourth-order valence-corrected chi connectivity index (χ4v) is 3.65. The van der Waals surface area contributed by atoms with Crippen molar-refractivity contribution in [3.05, 3.63) is 77.7 Å². The summed E-state index contributed by atoms with van der Waals surface area (Å²) >= 11 is -1.87. The highest BCUT2D eigenvalue weighted by Crippen LogP contribution is 2.30. The number of nitrogens with one attached hydrogen (secondary N) is 2. The number of nitrogens with zero attached hydrogens (tertiary/aromatic N) is 1. The van der Waals surface area contributed by atoms with Crippen molar-refractivity contribution < 1.29 is 22.8 Å². The smallest absolute Gasteiger partial charge is 0.285 e. The first-order valence-electron chi connectivity index (χ1n) is 9.43. The molecule has 3 aromatic rings. The van der Waals surface area contributed by atoms with Gasteiger partial charge in [-0.3, -0.25) is 10.2 Å². The first-order valence-corrected chi connectivity index (χ1v) is 10.5. The molecule has 7 N–H and O–H groups in total. The number of hydrogen-bond donors (Lipinski definition) is 5. The summed E-state index contributed by atoms with van der Waals surface area (Å²) in [6.45, 7) is 1.32. The Balaban J connectivity index is 1.84. The molecule has 0 bridgehead atoms. The molecule has 1 heterocycles. The molecular weight excluding hydrogens is 449 g/mol. The molecular formula is C22H20FN5O4S. The van der Waals surface area contributed by atoms with E-state index >= 15 is 0 Å². The monoisotopic (exact) mass is 469 g/mol. The van der Waals surface area contributed by atoms with Crippen LogP contribution < -0.4 is 16.9 Å². The molecule has 9 nitrogen and oxygen atoms in total. The Morgan fingerprint density at radius 2 is 1.94 bits per heavy atom. The van der Waals surface area contributed by atoms with Crippen LogP contribution in [0.3, 0.4) is 0 Å². The SMILES string of the molecule is CC(=C(F)C(=O)Nc1ccc(-c2ccccc2S(=O)ON)cn1)c1cc(C(=N)N)ccc1O. The number of carbonyl (C=O) groups is 1. The first-order chi connectivity index (χ1) is 15.7. The molecule has 0 radical (unpaired) electrons. The van der Waals surface area contributed by atoms with E-state index in [1.165, 1.54) is 37.4 Å². The van der Waals surface area contributed by atoms with E-state index < -0.39 is 22.8 Å². The summed E-state index contributed by atoms with van der Waals surface area (Å²) < 4.78 is 31.1. The maximum absolute atomic E-state index is 14.8. The number of anilines is 1. The van der Waals surface area contributed by atoms with Gasteiger partial charge in [-0.05, 0) is 43.3 Å². The summed E-state index contributed by atoms with van der Waals surface area (Å²) in [5.74, 6) is 2.36. The number of halogens is 1. The van der Waals surface area contributed by atoms with E-state index in [1.54, 1.807) is 30.3 Å². The van der Waals surface area contributed by atoms with Crippen LogP contribution in [0.4, 0.5) is 10.2 Å². The van der Waals surface area contributed by atoms with Gasteiger partial charge in [-0.1, -0.05) is 18.2 Å². The van der Waals surface area contributed by atoms with E-state index in [4.69, 9.17) is 17.0 Å². The zero-order valence-corrected chi connectivity index (χ0v) is 18.2. The number of amidine groups is 1. The van der Waals surface area contributed by atoms with Crippen molar-refractivity contribution in [1.29, 1.82) is 5.41 Å². The molecule has 170 valence electrons. The highest BCUT2D eigenvalue weighted by molar-refractivity contribution is 7.80. The summed E-state index contributed by atoms with van der Waals surface area (Å²) in [5, 5.41) is 19.9. The largest absolute Gasteiger partial charge is 0.507 e. The van der Waals surface area contributed by atoms with Crippen LogP contribution in [0, 0.1) is 5.41 Å². The molecule has 0 saturated carbocycles. The number of hydrogen-bond acceptors (Lipinski definition) is 7. The van der Waals surface area contributed by atoms with E-state index in [2.05, 4.69) is 14.6 Å². The molecule has 0 fully saturated rings. The van der Waals surface area contributed by atoms with Gasteiger partial charge in [-0.2, -0.15) is 10.2 Å². The molecule has 0 aliphatic heterocycles. The molecule has 0 aliphatic rings. The predicted octanol–water partition coefficient (Wildman–Crippen LogP) is 2.99. The number of nitrogen functional groups attached to an aromatic ring is 1. The quantitative estimate of drug-likeness (QED) is 0.154. The maximum Gasteiger partial charge on any atom is 0.285 e. The Morgan fingerprint density at radius 3 is 2.58 bits per heavy atom. The molecule has 0 saturated heterocycles. The molecule has 1 amide bonds. The molecule has 3 rings (SSSR count). The van der Waals surface area contributed by atoms with E-state index in [1.807, 2.05) is 0 Å². The van der Waals surface area contributed by atoms with Crippen LogP contribution in [0.5, 0.6) is 5.75 Å². The Morgan fingerprint density at radius 1 is 1.21 bits per heavy atom. The number of amides is 1. The number of aromatic nitrogens is 1. The summed E-state index contributed by atoms with van der Waals surface area (Å²) in [4.78, 5) is 16.8. The van der Waals surface area contributed by atoms with Crippen LogP contribution in [-0.4, -0.2) is 26.0 Å². The summed E-state index contributed by atoms with van der Waals surface area (Å²) in [6, 6.07) is 13.8. The lowest BCUT2D eigenvalue weighted by atomic mass is 10.0. The number of phenols is 1. The van der Waals surface area contributed by atoms with Gasteiger partial charge >= 0.3 is 0 Å². The molecule has 0 spiro atoms. The number of rotatable bonds is 7. The van der Waals surface area contributed by atoms with Crippen molar-refractivity contribution in [3.8, 4) is 16.9 Å². The van der Waals surface area contributed by atoms with Crippen molar-refractivity contribution in [2.75, 3.05) is 5.32 Å². The molecule has 1 atom stereocenters. The standard InChI is InChI=1S/C22H20FN5O4S/c1-12(16-10-13(21(24)25)6-8-17(16)29)20(23)22(30)28-19-9-7-14(11-27-19)15-4-2-3-5-18(15)33(31)32-26/h2-11,29H,26H2,1H3,(H3,24,25)(H,27,28,30). The Hall–Kier alpha value is -3.93. The van der Waals surface area contributed by atoms with Crippen LogP contribution in [0.2, 0.25) is 0 Å². The van der Waals surface area contributed by atoms with E-state index in [9.17, 15) is 18.5 Å². The summed E-state index contributed by atoms with van der Waals surface area (Å²) in [6.07, 6.45) is 1.42. The molecule has 1 unspecified atom stereocenters. The molecule has 1 aromatic heterocycles. The minimum atomic E-state index is -1.87. The second-order valence-electron chi connectivity index (χ2n) is 6.80. The predicted molar refractivity (Wildman–Crippen MR) is 123 cm³/mol. The third-order valence-corrected chi connectivity index (χ3v) is 5.60. The van der Waals surface area contributed by atoms with Gasteiger partial charge in [0.05, 0.1) is 4.90 Å². The van der Waals surface area contributed by atoms with Gasteiger partial charge in [0.15, 0.2) is 5.83 Å². The maximum atomic E-state index is 14.8. The van der Waals surface area contributed by atoms with Gasteiger partial charge in [0.1, 0.15) is 17.4 Å². The van der Waals surface area contributed by atoms with Gasteiger partial charge in [0, 0.05) is 34.0 Å². The van der Waals surface area contributed by atoms with Crippen LogP contribution in [-0.2, 0) is 20.2 Å². The Kier molecular flexibility index (Phi) is 7.28. The highest BCUT2D eigenvalue weighted by atomic mass is 32.2. The zero-order chi connectivity index (χ0) is 24.1. The lowest BCUT2D eigenvalue weighted by molar-refractivity contribution is -0.114. The minimum absolute atomic E-state index is 0.0328. The van der Waals surface area contributed by atoms with Crippen molar-refractivity contribution in [1.82, 2.24) is 4.98 Å². The zero-order valence-electron chi connectivity index (χ0n) is 17.3. The number of pyridine rings is 1. The van der Waals surface area contributed by atoms with Gasteiger partial charge in [-0.25, -0.2) is 13.6 Å². The summed E-state index contributed by atoms with van der Waals surface area (Å²) in [5.41, 5.74) is 6.74. The Labute approximate surface area is 191 Å². The number of benzene rings is 2. The van der Waals surface area contributed by atoms with Crippen LogP contribution in [0.1, 0.15) is 18.1 Å². The Bertz CT molecular complexity index is 1280. The third kappa shape index (κ3) is 5.29. The van der Waals surface area contributed by atoms with Gasteiger partial charge in [-0.15, -0.1) is 0 Å². The number of phenolic OH excluding ortho intramolecular Hbond substituents is 1. The molecule has 33 heavy (non-hydrogen) atoms. The molecule has 2 aromatic carbocycles. The fourth-order valence-electron chi connectivity index (χ4n) is 2.99. The first kappa shape index (κ1) is 23.7. The normalized spacial score (nSPS) is 12.6.